The number of halogens is 5. The lowest BCUT2D eigenvalue weighted by molar-refractivity contribution is -0.293. The van der Waals surface area contributed by atoms with Crippen molar-refractivity contribution in [2.24, 2.45) is 0 Å². The summed E-state index contributed by atoms with van der Waals surface area (Å²) in [4.78, 5) is 0. The Morgan fingerprint density at radius 2 is 1.50 bits per heavy atom. The van der Waals surface area contributed by atoms with Gasteiger partial charge >= 0.3 is 18.1 Å². The first kappa shape index (κ1) is 7.23. The molecule has 0 unspecified atom stereocenters. The summed E-state index contributed by atoms with van der Waals surface area (Å²) in [5, 5.41) is 0. The highest BCUT2D eigenvalue weighted by Gasteiger charge is 2.61. The summed E-state index contributed by atoms with van der Waals surface area (Å²) in [6.07, 6.45) is -5.61. The largest absolute Gasteiger partial charge is 0.437 e. The molecule has 1 aromatic heterocycles. The zero-order valence-corrected chi connectivity index (χ0v) is 4.25. The first-order valence-corrected chi connectivity index (χ1v) is 2.06. The Hall–Kier alpha value is -0.880. The van der Waals surface area contributed by atoms with E-state index >= 15 is 0 Å². The number of hydrogen-bond acceptors (Lipinski definition) is 1. The zero-order valence-electron chi connectivity index (χ0n) is 4.25. The quantitative estimate of drug-likeness (QED) is 0.270. The monoisotopic (exact) mass is 164 g/mol. The van der Waals surface area contributed by atoms with Gasteiger partial charge in [-0.1, -0.05) is 0 Å². The molecule has 0 saturated heterocycles. The van der Waals surface area contributed by atoms with Crippen molar-refractivity contribution < 1.29 is 31.1 Å². The molecule has 0 radical (unpaired) electrons. The molecule has 1 N–H and O–H groups in total. The molecule has 60 valence electrons. The molecule has 0 saturated carbocycles. The van der Waals surface area contributed by atoms with Crippen molar-refractivity contribution in [2.45, 2.75) is 12.1 Å². The van der Waals surface area contributed by atoms with E-state index < -0.39 is 18.1 Å². The normalized spacial score (nSPS) is 14.5. The maximum Gasteiger partial charge on any atom is 0.437 e. The zero-order chi connectivity index (χ0) is 7.99. The van der Waals surface area contributed by atoms with E-state index in [9.17, 15) is 22.0 Å². The van der Waals surface area contributed by atoms with Crippen LogP contribution in [0.15, 0.2) is 9.15 Å². The minimum atomic E-state index is -5.61. The second kappa shape index (κ2) is 1.58. The van der Waals surface area contributed by atoms with E-state index in [0.29, 0.717) is 0 Å². The molecule has 0 bridgehead atoms. The molecule has 0 aromatic carbocycles. The van der Waals surface area contributed by atoms with Crippen LogP contribution in [0.5, 0.6) is 0 Å². The van der Waals surface area contributed by atoms with Gasteiger partial charge in [-0.15, -0.1) is 0 Å². The molecule has 1 rings (SSSR count). The molecule has 0 fully saturated rings. The first-order chi connectivity index (χ1) is 4.36. The minimum Gasteiger partial charge on any atom is -0.433 e. The predicted molar refractivity (Wildman–Crippen MR) is 17.6 cm³/mol. The third kappa shape index (κ3) is 0.910. The predicted octanol–water partition coefficient (Wildman–Crippen LogP) is 2.36. The third-order valence-corrected chi connectivity index (χ3v) is 0.807. The summed E-state index contributed by atoms with van der Waals surface area (Å²) in [5.74, 6) is -6.49. The maximum absolute atomic E-state index is 11.7. The Balaban J connectivity index is 2.80. The molecule has 1 aromatic rings. The first-order valence-electron chi connectivity index (χ1n) is 2.06. The molecular formula is C3HF5O2. The highest BCUT2D eigenvalue weighted by Crippen LogP contribution is 2.45. The molecule has 1 heterocycles. The second-order valence-corrected chi connectivity index (χ2v) is 1.56. The molecule has 0 aliphatic rings. The Morgan fingerprint density at radius 1 is 1.10 bits per heavy atom. The van der Waals surface area contributed by atoms with E-state index in [4.69, 9.17) is 0 Å². The molecular weight excluding hydrogens is 163 g/mol. The van der Waals surface area contributed by atoms with Gasteiger partial charge in [0.15, 0.2) is 0 Å². The minimum absolute atomic E-state index is 1.57. The summed E-state index contributed by atoms with van der Waals surface area (Å²) < 4.78 is 62.8. The smallest absolute Gasteiger partial charge is 0.433 e. The van der Waals surface area contributed by atoms with Gasteiger partial charge in [-0.2, -0.15) is 13.2 Å². The standard InChI is InChI=1S/C3HF5O2/c4-2(5,1-9-10-1)3(6,7)8/h9H. The van der Waals surface area contributed by atoms with Gasteiger partial charge in [-0.05, 0) is 0 Å². The second-order valence-electron chi connectivity index (χ2n) is 1.56. The van der Waals surface area contributed by atoms with Crippen LogP contribution in [0.4, 0.5) is 22.0 Å². The highest BCUT2D eigenvalue weighted by molar-refractivity contribution is 4.90. The van der Waals surface area contributed by atoms with E-state index in [1.54, 1.807) is 0 Å². The molecule has 7 heteroatoms. The van der Waals surface area contributed by atoms with Gasteiger partial charge < -0.3 is 4.58 Å². The average Bonchev–Trinajstić information content (AvgIpc) is 2.38. The molecule has 0 amide bonds. The summed E-state index contributed by atoms with van der Waals surface area (Å²) in [6.45, 7) is 0. The van der Waals surface area contributed by atoms with Gasteiger partial charge in [0.2, 0.25) is 0 Å². The van der Waals surface area contributed by atoms with Crippen LogP contribution < -0.4 is 0 Å². The van der Waals surface area contributed by atoms with Crippen LogP contribution in [0, 0.1) is 0 Å². The fourth-order valence-corrected chi connectivity index (χ4v) is 0.259. The van der Waals surface area contributed by atoms with Gasteiger partial charge in [0, 0.05) is 0 Å². The lowest BCUT2D eigenvalue weighted by atomic mass is 10.3. The van der Waals surface area contributed by atoms with Gasteiger partial charge in [-0.3, -0.25) is 0 Å². The highest BCUT2D eigenvalue weighted by atomic mass is 19.4. The summed E-state index contributed by atoms with van der Waals surface area (Å²) in [5.41, 5.74) is 0. The van der Waals surface area contributed by atoms with E-state index in [1.165, 1.54) is 0 Å². The molecule has 0 aliphatic carbocycles. The topological polar surface area (TPSA) is 25.9 Å². The molecule has 0 aliphatic heterocycles. The summed E-state index contributed by atoms with van der Waals surface area (Å²) in [7, 11) is 0. The van der Waals surface area contributed by atoms with Gasteiger partial charge in [-0.25, -0.2) is 13.4 Å². The van der Waals surface area contributed by atoms with E-state index in [1.807, 2.05) is 0 Å². The fourth-order valence-electron chi connectivity index (χ4n) is 0.259. The van der Waals surface area contributed by atoms with Crippen LogP contribution in [0.25, 0.3) is 0 Å². The molecule has 2 nitrogen and oxygen atoms in total. The van der Waals surface area contributed by atoms with Gasteiger partial charge in [0.1, 0.15) is 0 Å². The summed E-state index contributed by atoms with van der Waals surface area (Å²) in [6, 6.07) is 0. The van der Waals surface area contributed by atoms with Crippen LogP contribution in [-0.2, 0) is 5.92 Å². The van der Waals surface area contributed by atoms with Crippen molar-refractivity contribution in [1.82, 2.24) is 0 Å². The van der Waals surface area contributed by atoms with Gasteiger partial charge in [0.25, 0.3) is 0 Å². The van der Waals surface area contributed by atoms with Crippen molar-refractivity contribution in [2.75, 3.05) is 0 Å². The lowest BCUT2D eigenvalue weighted by Crippen LogP contribution is -2.31. The van der Waals surface area contributed by atoms with Crippen LogP contribution in [-0.4, -0.2) is 6.18 Å². The maximum atomic E-state index is 11.7. The third-order valence-electron chi connectivity index (χ3n) is 0.807. The van der Waals surface area contributed by atoms with E-state index in [0.717, 1.165) is 0 Å². The van der Waals surface area contributed by atoms with Crippen molar-refractivity contribution >= 4 is 0 Å². The Kier molecular flexibility index (Phi) is 1.15. The number of alkyl halides is 5. The van der Waals surface area contributed by atoms with Crippen molar-refractivity contribution in [3.8, 4) is 0 Å². The van der Waals surface area contributed by atoms with E-state index in [-0.39, 0.29) is 0 Å². The van der Waals surface area contributed by atoms with Gasteiger partial charge in [0.05, 0.1) is 0 Å². The van der Waals surface area contributed by atoms with Crippen LogP contribution in [0.1, 0.15) is 5.96 Å². The molecule has 0 atom stereocenters. The fraction of sp³-hybridized carbons (Fsp3) is 0.667. The molecule has 0 spiro atoms. The van der Waals surface area contributed by atoms with Crippen LogP contribution in [0.3, 0.4) is 0 Å². The Labute approximate surface area is 50.5 Å². The molecule has 10 heavy (non-hydrogen) atoms. The summed E-state index contributed by atoms with van der Waals surface area (Å²) >= 11 is 0. The Bertz CT molecular complexity index is 192. The lowest BCUT2D eigenvalue weighted by Gasteiger charge is -2.13. The van der Waals surface area contributed by atoms with Crippen molar-refractivity contribution in [1.29, 1.82) is 0 Å². The van der Waals surface area contributed by atoms with Crippen LogP contribution in [0.2, 0.25) is 0 Å². The van der Waals surface area contributed by atoms with E-state index in [2.05, 4.69) is 9.15 Å². The number of rotatable bonds is 1. The van der Waals surface area contributed by atoms with Crippen molar-refractivity contribution in [3.63, 3.8) is 0 Å². The number of hydrogen-bond donors (Lipinski definition) is 0. The van der Waals surface area contributed by atoms with Crippen molar-refractivity contribution in [3.05, 3.63) is 5.96 Å². The van der Waals surface area contributed by atoms with Crippen LogP contribution >= 0.6 is 0 Å². The Morgan fingerprint density at radius 3 is 1.60 bits per heavy atom. The SMILES string of the molecule is FC(F)(F)C(F)(F)[c-]1o[oH+]1. The average molecular weight is 164 g/mol.